The Bertz CT molecular complexity index is 905. The fraction of sp³-hybridized carbons (Fsp3) is 0.480. The normalized spacial score (nSPS) is 17.9. The van der Waals surface area contributed by atoms with E-state index in [1.165, 1.54) is 44.2 Å². The molecule has 1 heterocycles. The fourth-order valence-electron chi connectivity index (χ4n) is 4.65. The number of ether oxygens (including phenoxy) is 1. The predicted molar refractivity (Wildman–Crippen MR) is 122 cm³/mol. The Labute approximate surface area is 185 Å². The van der Waals surface area contributed by atoms with Crippen molar-refractivity contribution in [1.82, 2.24) is 4.90 Å². The molecular weight excluding hydrogens is 415 g/mol. The number of benzene rings is 2. The van der Waals surface area contributed by atoms with Gasteiger partial charge in [0.15, 0.2) is 0 Å². The topological polar surface area (TPSA) is 29.5 Å². The fourth-order valence-corrected chi connectivity index (χ4v) is 4.85. The third-order valence-electron chi connectivity index (χ3n) is 6.42. The number of rotatable bonds is 6. The molecule has 1 aliphatic heterocycles. The smallest absolute Gasteiger partial charge is 0.283 e. The Morgan fingerprint density at radius 1 is 1.03 bits per heavy atom. The van der Waals surface area contributed by atoms with Gasteiger partial charge in [0.1, 0.15) is 12.4 Å². The lowest BCUT2D eigenvalue weighted by molar-refractivity contribution is 0.0719. The van der Waals surface area contributed by atoms with E-state index in [1.807, 2.05) is 23.1 Å². The van der Waals surface area contributed by atoms with Gasteiger partial charge in [-0.1, -0.05) is 52.8 Å². The number of amides is 1. The van der Waals surface area contributed by atoms with Gasteiger partial charge in [-0.15, -0.1) is 0 Å². The first kappa shape index (κ1) is 22.2. The average molecular weight is 445 g/mol. The molecule has 0 spiro atoms. The molecule has 31 heavy (non-hydrogen) atoms. The van der Waals surface area contributed by atoms with Crippen molar-refractivity contribution >= 4 is 15.1 Å². The average Bonchev–Trinajstić information content (AvgIpc) is 2.91. The van der Waals surface area contributed by atoms with Gasteiger partial charge in [-0.25, -0.2) is 0 Å². The largest absolute Gasteiger partial charge is 0.489 e. The first-order chi connectivity index (χ1) is 14.9. The Morgan fingerprint density at radius 3 is 2.48 bits per heavy atom. The van der Waals surface area contributed by atoms with Crippen LogP contribution in [0, 0.1) is 5.92 Å². The van der Waals surface area contributed by atoms with Crippen molar-refractivity contribution in [1.29, 1.82) is 0 Å². The van der Waals surface area contributed by atoms with Gasteiger partial charge in [0.2, 0.25) is 0 Å². The van der Waals surface area contributed by atoms with E-state index in [0.717, 1.165) is 42.6 Å². The standard InChI is InChI=1S/C25H30F2NO2P/c26-25(27,31)21-10-8-19(9-11-21)17-30-22-12-13-23-20(15-22)7-4-14-28(24(23)29)16-18-5-2-1-3-6-18/h8-13,15,18H,1-7,14,16-17,31H2. The molecule has 2 aliphatic rings. The molecule has 6 heteroatoms. The van der Waals surface area contributed by atoms with Crippen LogP contribution in [0.2, 0.25) is 0 Å². The molecule has 3 nitrogen and oxygen atoms in total. The first-order valence-corrected chi connectivity index (χ1v) is 11.8. The van der Waals surface area contributed by atoms with Gasteiger partial charge >= 0.3 is 0 Å². The van der Waals surface area contributed by atoms with Gasteiger partial charge in [-0.3, -0.25) is 4.79 Å². The number of fused-ring (bicyclic) bond motifs is 1. The molecule has 2 aromatic carbocycles. The summed E-state index contributed by atoms with van der Waals surface area (Å²) >= 11 is 0. The molecule has 1 amide bonds. The van der Waals surface area contributed by atoms with Crippen LogP contribution in [0.25, 0.3) is 0 Å². The van der Waals surface area contributed by atoms with Crippen molar-refractivity contribution in [2.24, 2.45) is 5.92 Å². The quantitative estimate of drug-likeness (QED) is 0.499. The number of aryl methyl sites for hydroxylation is 1. The minimum absolute atomic E-state index is 0.0393. The molecule has 2 aromatic rings. The zero-order chi connectivity index (χ0) is 21.8. The Kier molecular flexibility index (Phi) is 6.91. The Morgan fingerprint density at radius 2 is 1.77 bits per heavy atom. The lowest BCUT2D eigenvalue weighted by Crippen LogP contribution is -2.36. The van der Waals surface area contributed by atoms with E-state index in [9.17, 15) is 13.6 Å². The highest BCUT2D eigenvalue weighted by atomic mass is 31.0. The molecule has 0 bridgehead atoms. The maximum atomic E-state index is 13.3. The Balaban J connectivity index is 1.40. The predicted octanol–water partition coefficient (Wildman–Crippen LogP) is 6.16. The van der Waals surface area contributed by atoms with E-state index >= 15 is 0 Å². The molecule has 0 saturated heterocycles. The minimum atomic E-state index is -2.92. The summed E-state index contributed by atoms with van der Waals surface area (Å²) in [7, 11) is 1.55. The van der Waals surface area contributed by atoms with Gasteiger partial charge < -0.3 is 9.64 Å². The highest BCUT2D eigenvalue weighted by Crippen LogP contribution is 2.34. The highest BCUT2D eigenvalue weighted by Gasteiger charge is 2.26. The van der Waals surface area contributed by atoms with E-state index in [4.69, 9.17) is 4.74 Å². The Hall–Kier alpha value is -2.00. The number of halogens is 2. The van der Waals surface area contributed by atoms with Crippen LogP contribution in [0.4, 0.5) is 8.78 Å². The summed E-state index contributed by atoms with van der Waals surface area (Å²) < 4.78 is 32.5. The van der Waals surface area contributed by atoms with Crippen LogP contribution in [0.15, 0.2) is 42.5 Å². The van der Waals surface area contributed by atoms with Crippen LogP contribution in [0.5, 0.6) is 5.75 Å². The van der Waals surface area contributed by atoms with E-state index in [-0.39, 0.29) is 11.5 Å². The first-order valence-electron chi connectivity index (χ1n) is 11.2. The van der Waals surface area contributed by atoms with Gasteiger partial charge in [0.05, 0.1) is 0 Å². The number of hydrogen-bond donors (Lipinski definition) is 0. The molecule has 1 aliphatic carbocycles. The second-order valence-corrected chi connectivity index (χ2v) is 9.51. The number of nitrogens with zero attached hydrogens (tertiary/aromatic N) is 1. The SMILES string of the molecule is O=C1c2ccc(OCc3ccc(C(F)(F)P)cc3)cc2CCCN1CC1CCCCC1. The van der Waals surface area contributed by atoms with Crippen molar-refractivity contribution in [3.63, 3.8) is 0 Å². The highest BCUT2D eigenvalue weighted by molar-refractivity contribution is 7.17. The summed E-state index contributed by atoms with van der Waals surface area (Å²) in [6.07, 6.45) is 8.18. The summed E-state index contributed by atoms with van der Waals surface area (Å²) in [5, 5.41) is 0. The van der Waals surface area contributed by atoms with Crippen LogP contribution in [-0.2, 0) is 18.7 Å². The lowest BCUT2D eigenvalue weighted by atomic mass is 9.89. The van der Waals surface area contributed by atoms with E-state index in [0.29, 0.717) is 18.3 Å². The molecule has 166 valence electrons. The molecule has 0 N–H and O–H groups in total. The van der Waals surface area contributed by atoms with E-state index in [2.05, 4.69) is 0 Å². The number of carbonyl (C=O) groups excluding carboxylic acids is 1. The summed E-state index contributed by atoms with van der Waals surface area (Å²) in [5.74, 6) is 1.48. The monoisotopic (exact) mass is 445 g/mol. The van der Waals surface area contributed by atoms with Gasteiger partial charge in [0, 0.05) is 24.2 Å². The minimum Gasteiger partial charge on any atom is -0.489 e. The molecule has 4 rings (SSSR count). The zero-order valence-electron chi connectivity index (χ0n) is 17.8. The summed E-state index contributed by atoms with van der Waals surface area (Å²) in [4.78, 5) is 15.2. The number of hydrogen-bond acceptors (Lipinski definition) is 2. The van der Waals surface area contributed by atoms with Crippen molar-refractivity contribution in [2.75, 3.05) is 13.1 Å². The van der Waals surface area contributed by atoms with Crippen LogP contribution in [0.3, 0.4) is 0 Å². The summed E-state index contributed by atoms with van der Waals surface area (Å²) in [6.45, 7) is 1.98. The maximum absolute atomic E-state index is 13.3. The zero-order valence-corrected chi connectivity index (χ0v) is 18.9. The lowest BCUT2D eigenvalue weighted by Gasteiger charge is -2.29. The molecular formula is C25H30F2NO2P. The van der Waals surface area contributed by atoms with Gasteiger partial charge in [-0.05, 0) is 60.9 Å². The van der Waals surface area contributed by atoms with Gasteiger partial charge in [-0.2, -0.15) is 8.78 Å². The molecule has 1 saturated carbocycles. The summed E-state index contributed by atoms with van der Waals surface area (Å²) in [6, 6.07) is 11.8. The molecule has 0 aromatic heterocycles. The third kappa shape index (κ3) is 5.63. The van der Waals surface area contributed by atoms with Gasteiger partial charge in [0.25, 0.3) is 11.6 Å². The van der Waals surface area contributed by atoms with Crippen molar-refractivity contribution in [2.45, 2.75) is 57.2 Å². The molecule has 0 radical (unpaired) electrons. The number of carbonyl (C=O) groups is 1. The maximum Gasteiger partial charge on any atom is 0.283 e. The van der Waals surface area contributed by atoms with Crippen LogP contribution in [0.1, 0.15) is 65.6 Å². The van der Waals surface area contributed by atoms with Crippen molar-refractivity contribution in [3.8, 4) is 5.75 Å². The van der Waals surface area contributed by atoms with Crippen LogP contribution in [-0.4, -0.2) is 23.9 Å². The third-order valence-corrected chi connectivity index (χ3v) is 6.75. The second kappa shape index (κ2) is 9.65. The van der Waals surface area contributed by atoms with E-state index < -0.39 is 5.66 Å². The second-order valence-electron chi connectivity index (χ2n) is 8.79. The van der Waals surface area contributed by atoms with Crippen LogP contribution < -0.4 is 4.74 Å². The van der Waals surface area contributed by atoms with Crippen LogP contribution >= 0.6 is 9.24 Å². The summed E-state index contributed by atoms with van der Waals surface area (Å²) in [5.41, 5.74) is -0.321. The molecule has 1 atom stereocenters. The number of alkyl halides is 2. The molecule has 1 fully saturated rings. The molecule has 1 unspecified atom stereocenters. The van der Waals surface area contributed by atoms with Crippen molar-refractivity contribution < 1.29 is 18.3 Å². The van der Waals surface area contributed by atoms with E-state index in [1.54, 1.807) is 21.4 Å². The van der Waals surface area contributed by atoms with Crippen molar-refractivity contribution in [3.05, 3.63) is 64.7 Å².